The monoisotopic (exact) mass is 467 g/mol. The molecular formula is C24H26FN5O4. The van der Waals surface area contributed by atoms with Gasteiger partial charge in [0, 0.05) is 23.6 Å². The number of methoxy groups -OCH3 is 1. The number of nitrogen functional groups attached to an aromatic ring is 1. The lowest BCUT2D eigenvalue weighted by Crippen LogP contribution is -2.25. The van der Waals surface area contributed by atoms with E-state index in [0.29, 0.717) is 47.1 Å². The molecule has 2 atom stereocenters. The molecule has 3 aromatic rings. The zero-order chi connectivity index (χ0) is 24.2. The van der Waals surface area contributed by atoms with Gasteiger partial charge in [0.2, 0.25) is 11.8 Å². The van der Waals surface area contributed by atoms with E-state index in [2.05, 4.69) is 20.1 Å². The van der Waals surface area contributed by atoms with Crippen LogP contribution in [0.2, 0.25) is 0 Å². The highest BCUT2D eigenvalue weighted by Gasteiger charge is 2.31. The second kappa shape index (κ2) is 10.1. The maximum Gasteiger partial charge on any atom is 0.220 e. The van der Waals surface area contributed by atoms with Gasteiger partial charge in [0.15, 0.2) is 0 Å². The lowest BCUT2D eigenvalue weighted by atomic mass is 9.79. The average molecular weight is 468 g/mol. The van der Waals surface area contributed by atoms with Gasteiger partial charge in [-0.15, -0.1) is 0 Å². The molecule has 10 heteroatoms. The largest absolute Gasteiger partial charge is 0.481 e. The van der Waals surface area contributed by atoms with Crippen molar-refractivity contribution in [1.29, 1.82) is 0 Å². The fraction of sp³-hybridized carbons (Fsp3) is 0.333. The van der Waals surface area contributed by atoms with E-state index in [1.165, 1.54) is 19.2 Å². The third kappa shape index (κ3) is 4.97. The van der Waals surface area contributed by atoms with Crippen molar-refractivity contribution in [3.05, 3.63) is 64.7 Å². The highest BCUT2D eigenvalue weighted by molar-refractivity contribution is 6.03. The zero-order valence-corrected chi connectivity index (χ0v) is 18.9. The normalized spacial score (nSPS) is 17.3. The highest BCUT2D eigenvalue weighted by Crippen LogP contribution is 2.38. The predicted molar refractivity (Wildman–Crippen MR) is 124 cm³/mol. The summed E-state index contributed by atoms with van der Waals surface area (Å²) < 4.78 is 19.5. The summed E-state index contributed by atoms with van der Waals surface area (Å²) in [5.41, 5.74) is 10.7. The predicted octanol–water partition coefficient (Wildman–Crippen LogP) is 2.38. The molecule has 9 nitrogen and oxygen atoms in total. The van der Waals surface area contributed by atoms with Crippen molar-refractivity contribution < 1.29 is 24.2 Å². The first kappa shape index (κ1) is 23.5. The van der Waals surface area contributed by atoms with Crippen molar-refractivity contribution in [3.8, 4) is 17.1 Å². The highest BCUT2D eigenvalue weighted by atomic mass is 19.1. The van der Waals surface area contributed by atoms with Crippen LogP contribution in [0.25, 0.3) is 11.3 Å². The molecule has 4 rings (SSSR count). The minimum atomic E-state index is -1.05. The van der Waals surface area contributed by atoms with Crippen LogP contribution in [0.15, 0.2) is 41.6 Å². The average Bonchev–Trinajstić information content (AvgIpc) is 2.83. The van der Waals surface area contributed by atoms with Crippen molar-refractivity contribution in [2.45, 2.75) is 31.8 Å². The van der Waals surface area contributed by atoms with Crippen LogP contribution in [-0.4, -0.2) is 57.3 Å². The molecule has 0 aliphatic heterocycles. The SMILES string of the molecule is COc1cccc(-c2cc(F)ccc2[C@@H]2C/C(=N\OC[C@@H](O)CO)c3c(C)nc(N)nc3C2)n1. The van der Waals surface area contributed by atoms with Gasteiger partial charge >= 0.3 is 0 Å². The summed E-state index contributed by atoms with van der Waals surface area (Å²) in [5.74, 6) is 0.0738. The molecule has 2 heterocycles. The Morgan fingerprint density at radius 1 is 1.21 bits per heavy atom. The van der Waals surface area contributed by atoms with Crippen LogP contribution in [0.4, 0.5) is 10.3 Å². The van der Waals surface area contributed by atoms with Gasteiger partial charge in [-0.25, -0.2) is 19.3 Å². The molecule has 0 amide bonds. The van der Waals surface area contributed by atoms with Gasteiger partial charge in [-0.05, 0) is 43.0 Å². The molecule has 0 radical (unpaired) electrons. The molecule has 0 spiro atoms. The molecule has 0 unspecified atom stereocenters. The second-order valence-corrected chi connectivity index (χ2v) is 8.06. The minimum Gasteiger partial charge on any atom is -0.481 e. The number of aliphatic hydroxyl groups excluding tert-OH is 2. The number of aliphatic hydroxyl groups is 2. The fourth-order valence-electron chi connectivity index (χ4n) is 4.16. The number of aryl methyl sites for hydroxylation is 1. The molecule has 1 aliphatic rings. The Hall–Kier alpha value is -3.63. The first-order chi connectivity index (χ1) is 16.4. The molecular weight excluding hydrogens is 441 g/mol. The summed E-state index contributed by atoms with van der Waals surface area (Å²) in [5, 5.41) is 22.9. The van der Waals surface area contributed by atoms with Crippen LogP contribution in [0.1, 0.15) is 34.9 Å². The van der Waals surface area contributed by atoms with Crippen molar-refractivity contribution >= 4 is 11.7 Å². The van der Waals surface area contributed by atoms with Crippen LogP contribution >= 0.6 is 0 Å². The molecule has 1 aromatic carbocycles. The quantitative estimate of drug-likeness (QED) is 0.451. The van der Waals surface area contributed by atoms with Crippen molar-refractivity contribution in [3.63, 3.8) is 0 Å². The number of anilines is 1. The summed E-state index contributed by atoms with van der Waals surface area (Å²) in [4.78, 5) is 18.5. The molecule has 34 heavy (non-hydrogen) atoms. The van der Waals surface area contributed by atoms with E-state index in [9.17, 15) is 9.50 Å². The summed E-state index contributed by atoms with van der Waals surface area (Å²) in [6.07, 6.45) is -0.0577. The summed E-state index contributed by atoms with van der Waals surface area (Å²) in [7, 11) is 1.53. The number of hydrogen-bond donors (Lipinski definition) is 3. The van der Waals surface area contributed by atoms with E-state index in [0.717, 1.165) is 11.1 Å². The van der Waals surface area contributed by atoms with Gasteiger partial charge in [0.1, 0.15) is 18.5 Å². The van der Waals surface area contributed by atoms with Gasteiger partial charge in [-0.2, -0.15) is 0 Å². The van der Waals surface area contributed by atoms with Crippen molar-refractivity contribution in [1.82, 2.24) is 15.0 Å². The molecule has 178 valence electrons. The van der Waals surface area contributed by atoms with Crippen LogP contribution in [0.3, 0.4) is 0 Å². The topological polar surface area (TPSA) is 136 Å². The minimum absolute atomic E-state index is 0.130. The van der Waals surface area contributed by atoms with Crippen LogP contribution in [0, 0.1) is 12.7 Å². The van der Waals surface area contributed by atoms with Gasteiger partial charge in [0.05, 0.1) is 36.5 Å². The summed E-state index contributed by atoms with van der Waals surface area (Å²) in [6.45, 7) is 1.22. The lowest BCUT2D eigenvalue weighted by Gasteiger charge is -2.28. The Kier molecular flexibility index (Phi) is 6.99. The van der Waals surface area contributed by atoms with Crippen molar-refractivity contribution in [2.75, 3.05) is 26.1 Å². The molecule has 0 saturated carbocycles. The number of nitrogens with zero attached hydrogens (tertiary/aromatic N) is 4. The maximum absolute atomic E-state index is 14.3. The Morgan fingerprint density at radius 2 is 2.03 bits per heavy atom. The standard InChI is InChI=1S/C24H26FN5O4/c1-13-23-20(29-24(26)27-13)8-14(9-21(23)30-34-12-16(32)11-31)17-7-6-15(25)10-18(17)19-4-3-5-22(28-19)33-2/h3-7,10,14,16,31-32H,8-9,11-12H2,1-2H3,(H2,26,27,29)/b30-21+/t14-,16-/m0/s1. The van der Waals surface area contributed by atoms with Gasteiger partial charge in [-0.1, -0.05) is 17.3 Å². The van der Waals surface area contributed by atoms with E-state index >= 15 is 0 Å². The van der Waals surface area contributed by atoms with Gasteiger partial charge in [-0.3, -0.25) is 0 Å². The third-order valence-electron chi connectivity index (χ3n) is 5.67. The van der Waals surface area contributed by atoms with Crippen LogP contribution in [-0.2, 0) is 11.3 Å². The number of benzene rings is 1. The van der Waals surface area contributed by atoms with E-state index in [4.69, 9.17) is 20.4 Å². The Morgan fingerprint density at radius 3 is 2.79 bits per heavy atom. The number of halogens is 1. The molecule has 0 fully saturated rings. The van der Waals surface area contributed by atoms with Gasteiger partial charge in [0.25, 0.3) is 0 Å². The van der Waals surface area contributed by atoms with Crippen LogP contribution in [0.5, 0.6) is 5.88 Å². The van der Waals surface area contributed by atoms with E-state index < -0.39 is 12.7 Å². The molecule has 2 aromatic heterocycles. The number of pyridine rings is 1. The second-order valence-electron chi connectivity index (χ2n) is 8.06. The first-order valence-electron chi connectivity index (χ1n) is 10.8. The number of aromatic nitrogens is 3. The smallest absolute Gasteiger partial charge is 0.220 e. The molecule has 1 aliphatic carbocycles. The van der Waals surface area contributed by atoms with E-state index in [-0.39, 0.29) is 24.3 Å². The maximum atomic E-state index is 14.3. The Labute approximate surface area is 196 Å². The van der Waals surface area contributed by atoms with E-state index in [1.807, 2.05) is 6.92 Å². The van der Waals surface area contributed by atoms with Gasteiger partial charge < -0.3 is 25.5 Å². The fourth-order valence-corrected chi connectivity index (χ4v) is 4.16. The molecule has 0 bridgehead atoms. The Balaban J connectivity index is 1.77. The first-order valence-corrected chi connectivity index (χ1v) is 10.8. The summed E-state index contributed by atoms with van der Waals surface area (Å²) >= 11 is 0. The lowest BCUT2D eigenvalue weighted by molar-refractivity contribution is 0.00812. The van der Waals surface area contributed by atoms with E-state index in [1.54, 1.807) is 24.3 Å². The zero-order valence-electron chi connectivity index (χ0n) is 18.9. The third-order valence-corrected chi connectivity index (χ3v) is 5.67. The number of rotatable bonds is 7. The summed E-state index contributed by atoms with van der Waals surface area (Å²) in [6, 6.07) is 9.94. The Bertz CT molecular complexity index is 1220. The van der Waals surface area contributed by atoms with Crippen molar-refractivity contribution in [2.24, 2.45) is 5.16 Å². The van der Waals surface area contributed by atoms with Crippen LogP contribution < -0.4 is 10.5 Å². The number of nitrogens with two attached hydrogens (primary N) is 1. The molecule has 4 N–H and O–H groups in total. The number of ether oxygens (including phenoxy) is 1. The number of fused-ring (bicyclic) bond motifs is 1. The number of hydrogen-bond acceptors (Lipinski definition) is 9. The number of oxime groups is 1. The molecule has 0 saturated heterocycles.